The van der Waals surface area contributed by atoms with Gasteiger partial charge in [0.25, 0.3) is 5.91 Å². The van der Waals surface area contributed by atoms with E-state index in [0.29, 0.717) is 17.6 Å². The molecular weight excluding hydrogens is 298 g/mol. The van der Waals surface area contributed by atoms with Crippen molar-refractivity contribution in [3.63, 3.8) is 0 Å². The van der Waals surface area contributed by atoms with Gasteiger partial charge in [-0.05, 0) is 37.7 Å². The second-order valence-corrected chi connectivity index (χ2v) is 7.63. The first-order chi connectivity index (χ1) is 10.7. The van der Waals surface area contributed by atoms with Gasteiger partial charge in [0.2, 0.25) is 0 Å². The highest BCUT2D eigenvalue weighted by Crippen LogP contribution is 2.60. The number of carbonyl (C=O) groups is 1. The SMILES string of the molecule is CNc1snc(C)c1C(=O)NC1C2CCOC2C12CCCC2. The summed E-state index contributed by atoms with van der Waals surface area (Å²) in [5.41, 5.74) is 1.72. The van der Waals surface area contributed by atoms with Crippen LogP contribution in [-0.2, 0) is 4.74 Å². The largest absolute Gasteiger partial charge is 0.378 e. The minimum absolute atomic E-state index is 0.0252. The molecule has 5 nitrogen and oxygen atoms in total. The molecule has 120 valence electrons. The van der Waals surface area contributed by atoms with Crippen molar-refractivity contribution >= 4 is 22.4 Å². The Hall–Kier alpha value is -1.14. The van der Waals surface area contributed by atoms with Crippen LogP contribution in [0.5, 0.6) is 0 Å². The number of rotatable bonds is 3. The smallest absolute Gasteiger partial charge is 0.256 e. The summed E-state index contributed by atoms with van der Waals surface area (Å²) in [4.78, 5) is 12.8. The minimum Gasteiger partial charge on any atom is -0.378 e. The Morgan fingerprint density at radius 1 is 1.41 bits per heavy atom. The maximum atomic E-state index is 12.8. The molecule has 2 N–H and O–H groups in total. The number of ether oxygens (including phenoxy) is 1. The van der Waals surface area contributed by atoms with Crippen molar-refractivity contribution in [2.24, 2.45) is 11.3 Å². The molecule has 1 aromatic rings. The highest BCUT2D eigenvalue weighted by atomic mass is 32.1. The first kappa shape index (κ1) is 14.5. The van der Waals surface area contributed by atoms with Crippen molar-refractivity contribution in [3.05, 3.63) is 11.3 Å². The lowest BCUT2D eigenvalue weighted by molar-refractivity contribution is -0.126. The van der Waals surface area contributed by atoms with Crippen LogP contribution in [-0.4, -0.2) is 36.1 Å². The van der Waals surface area contributed by atoms with Crippen molar-refractivity contribution in [2.45, 2.75) is 51.2 Å². The summed E-state index contributed by atoms with van der Waals surface area (Å²) in [6.07, 6.45) is 6.37. The molecule has 3 atom stereocenters. The van der Waals surface area contributed by atoms with Crippen LogP contribution in [0.25, 0.3) is 0 Å². The van der Waals surface area contributed by atoms with E-state index in [2.05, 4.69) is 15.0 Å². The van der Waals surface area contributed by atoms with Crippen LogP contribution in [0.1, 0.15) is 48.2 Å². The Morgan fingerprint density at radius 2 is 2.18 bits per heavy atom. The van der Waals surface area contributed by atoms with E-state index in [-0.39, 0.29) is 17.4 Å². The topological polar surface area (TPSA) is 63.2 Å². The quantitative estimate of drug-likeness (QED) is 0.898. The number of nitrogens with zero attached hydrogens (tertiary/aromatic N) is 1. The van der Waals surface area contributed by atoms with E-state index in [4.69, 9.17) is 4.74 Å². The van der Waals surface area contributed by atoms with Crippen LogP contribution in [0.4, 0.5) is 5.00 Å². The number of aryl methyl sites for hydroxylation is 1. The number of amides is 1. The summed E-state index contributed by atoms with van der Waals surface area (Å²) >= 11 is 1.35. The summed E-state index contributed by atoms with van der Waals surface area (Å²) in [6.45, 7) is 2.75. The monoisotopic (exact) mass is 321 g/mol. The number of carbonyl (C=O) groups excluding carboxylic acids is 1. The van der Waals surface area contributed by atoms with E-state index < -0.39 is 0 Å². The van der Waals surface area contributed by atoms with Gasteiger partial charge in [-0.25, -0.2) is 0 Å². The molecule has 3 fully saturated rings. The summed E-state index contributed by atoms with van der Waals surface area (Å²) < 4.78 is 10.3. The van der Waals surface area contributed by atoms with Gasteiger partial charge in [-0.2, -0.15) is 4.37 Å². The van der Waals surface area contributed by atoms with Crippen LogP contribution in [0, 0.1) is 18.3 Å². The van der Waals surface area contributed by atoms with Gasteiger partial charge >= 0.3 is 0 Å². The standard InChI is InChI=1S/C16H23N3O2S/c1-9-11(15(17-2)22-19-9)14(20)18-12-10-5-8-21-13(10)16(12)6-3-4-7-16/h10,12-13,17H,3-8H2,1-2H3,(H,18,20). The fourth-order valence-corrected chi connectivity index (χ4v) is 5.67. The van der Waals surface area contributed by atoms with Gasteiger partial charge in [-0.3, -0.25) is 4.79 Å². The number of hydrogen-bond acceptors (Lipinski definition) is 5. The van der Waals surface area contributed by atoms with Crippen LogP contribution < -0.4 is 10.6 Å². The van der Waals surface area contributed by atoms with Gasteiger partial charge in [0, 0.05) is 31.0 Å². The average molecular weight is 321 g/mol. The molecule has 3 unspecified atom stereocenters. The van der Waals surface area contributed by atoms with Gasteiger partial charge in [0.15, 0.2) is 0 Å². The van der Waals surface area contributed by atoms with Gasteiger partial charge < -0.3 is 15.4 Å². The summed E-state index contributed by atoms with van der Waals surface area (Å²) in [5, 5.41) is 7.29. The van der Waals surface area contributed by atoms with E-state index in [9.17, 15) is 4.79 Å². The van der Waals surface area contributed by atoms with Crippen molar-refractivity contribution < 1.29 is 9.53 Å². The second kappa shape index (κ2) is 5.20. The molecule has 1 aliphatic heterocycles. The fraction of sp³-hybridized carbons (Fsp3) is 0.750. The van der Waals surface area contributed by atoms with Crippen LogP contribution in [0.3, 0.4) is 0 Å². The predicted octanol–water partition coefficient (Wildman–Crippen LogP) is 2.57. The maximum absolute atomic E-state index is 12.8. The molecule has 1 saturated heterocycles. The molecule has 2 saturated carbocycles. The van der Waals surface area contributed by atoms with Gasteiger partial charge in [-0.15, -0.1) is 0 Å². The summed E-state index contributed by atoms with van der Waals surface area (Å²) in [6, 6.07) is 0.277. The molecule has 4 rings (SSSR count). The molecule has 2 aliphatic carbocycles. The molecule has 0 aromatic carbocycles. The van der Waals surface area contributed by atoms with Crippen molar-refractivity contribution in [1.82, 2.24) is 9.69 Å². The lowest BCUT2D eigenvalue weighted by atomic mass is 9.54. The van der Waals surface area contributed by atoms with Crippen LogP contribution in [0.15, 0.2) is 0 Å². The predicted molar refractivity (Wildman–Crippen MR) is 86.4 cm³/mol. The van der Waals surface area contributed by atoms with Crippen LogP contribution in [0.2, 0.25) is 0 Å². The summed E-state index contributed by atoms with van der Waals surface area (Å²) in [7, 11) is 1.84. The van der Waals surface area contributed by atoms with Crippen molar-refractivity contribution in [3.8, 4) is 0 Å². The molecule has 1 aromatic heterocycles. The zero-order valence-corrected chi connectivity index (χ0v) is 14.0. The Labute approximate surface area is 135 Å². The number of fused-ring (bicyclic) bond motifs is 2. The molecule has 2 heterocycles. The zero-order valence-electron chi connectivity index (χ0n) is 13.1. The Balaban J connectivity index is 1.57. The molecule has 3 aliphatic rings. The second-order valence-electron chi connectivity index (χ2n) is 6.86. The average Bonchev–Trinajstić information content (AvgIpc) is 3.22. The Bertz CT molecular complexity index is 594. The number of hydrogen-bond donors (Lipinski definition) is 2. The number of aromatic nitrogens is 1. The molecule has 0 bridgehead atoms. The van der Waals surface area contributed by atoms with E-state index in [1.807, 2.05) is 14.0 Å². The number of anilines is 1. The van der Waals surface area contributed by atoms with E-state index >= 15 is 0 Å². The summed E-state index contributed by atoms with van der Waals surface area (Å²) in [5.74, 6) is 0.532. The molecule has 1 spiro atoms. The van der Waals surface area contributed by atoms with Crippen LogP contribution >= 0.6 is 11.5 Å². The Morgan fingerprint density at radius 3 is 2.91 bits per heavy atom. The lowest BCUT2D eigenvalue weighted by Crippen LogP contribution is -2.68. The third-order valence-corrected chi connectivity index (χ3v) is 6.85. The fourth-order valence-electron chi connectivity index (χ4n) is 4.93. The normalized spacial score (nSPS) is 31.8. The van der Waals surface area contributed by atoms with Crippen molar-refractivity contribution in [2.75, 3.05) is 19.0 Å². The zero-order chi connectivity index (χ0) is 15.3. The van der Waals surface area contributed by atoms with E-state index in [0.717, 1.165) is 23.7 Å². The first-order valence-corrected chi connectivity index (χ1v) is 9.01. The number of nitrogens with one attached hydrogen (secondary N) is 2. The van der Waals surface area contributed by atoms with Gasteiger partial charge in [0.05, 0.1) is 17.4 Å². The highest BCUT2D eigenvalue weighted by molar-refractivity contribution is 7.10. The van der Waals surface area contributed by atoms with E-state index in [1.165, 1.54) is 37.2 Å². The maximum Gasteiger partial charge on any atom is 0.256 e. The van der Waals surface area contributed by atoms with E-state index in [1.54, 1.807) is 0 Å². The lowest BCUT2D eigenvalue weighted by Gasteiger charge is -2.56. The third-order valence-electron chi connectivity index (χ3n) is 5.89. The molecule has 0 radical (unpaired) electrons. The Kier molecular flexibility index (Phi) is 3.42. The first-order valence-electron chi connectivity index (χ1n) is 8.24. The molecular formula is C16H23N3O2S. The molecule has 22 heavy (non-hydrogen) atoms. The highest BCUT2D eigenvalue weighted by Gasteiger charge is 2.65. The minimum atomic E-state index is 0.0252. The van der Waals surface area contributed by atoms with Gasteiger partial charge in [-0.1, -0.05) is 12.8 Å². The van der Waals surface area contributed by atoms with Crippen molar-refractivity contribution in [1.29, 1.82) is 0 Å². The van der Waals surface area contributed by atoms with Gasteiger partial charge in [0.1, 0.15) is 5.00 Å². The third kappa shape index (κ3) is 1.86. The molecule has 6 heteroatoms. The molecule has 1 amide bonds.